The summed E-state index contributed by atoms with van der Waals surface area (Å²) >= 11 is 1.20. The van der Waals surface area contributed by atoms with Gasteiger partial charge in [-0.15, -0.1) is 11.8 Å². The van der Waals surface area contributed by atoms with Crippen molar-refractivity contribution in [3.8, 4) is 11.5 Å². The van der Waals surface area contributed by atoms with Gasteiger partial charge in [-0.2, -0.15) is 0 Å². The van der Waals surface area contributed by atoms with Crippen LogP contribution in [0.15, 0.2) is 64.1 Å². The molecule has 1 heterocycles. The van der Waals surface area contributed by atoms with E-state index in [1.165, 1.54) is 38.3 Å². The molecule has 0 fully saturated rings. The van der Waals surface area contributed by atoms with Crippen molar-refractivity contribution in [3.63, 3.8) is 0 Å². The van der Waals surface area contributed by atoms with Crippen LogP contribution < -0.4 is 25.6 Å². The molecule has 0 unspecified atom stereocenters. The van der Waals surface area contributed by atoms with E-state index < -0.39 is 11.8 Å². The Hall–Kier alpha value is -3.92. The number of anilines is 1. The van der Waals surface area contributed by atoms with E-state index >= 15 is 0 Å². The van der Waals surface area contributed by atoms with Gasteiger partial charge in [0.2, 0.25) is 5.91 Å². The van der Waals surface area contributed by atoms with Crippen LogP contribution in [-0.2, 0) is 4.79 Å². The van der Waals surface area contributed by atoms with Gasteiger partial charge in [-0.1, -0.05) is 12.1 Å². The average Bonchev–Trinajstić information content (AvgIpc) is 3.27. The van der Waals surface area contributed by atoms with Crippen LogP contribution in [0.25, 0.3) is 0 Å². The van der Waals surface area contributed by atoms with Crippen LogP contribution in [0.2, 0.25) is 0 Å². The van der Waals surface area contributed by atoms with Gasteiger partial charge in [0.05, 0.1) is 37.4 Å². The molecule has 0 saturated heterocycles. The zero-order valence-electron chi connectivity index (χ0n) is 18.3. The van der Waals surface area contributed by atoms with E-state index in [0.29, 0.717) is 39.0 Å². The topological polar surface area (TPSA) is 119 Å². The lowest BCUT2D eigenvalue weighted by molar-refractivity contribution is -0.113. The number of hydrogen-bond donors (Lipinski definition) is 3. The molecule has 0 saturated carbocycles. The Kier molecular flexibility index (Phi) is 7.98. The molecule has 3 aromatic rings. The molecule has 0 atom stereocenters. The summed E-state index contributed by atoms with van der Waals surface area (Å²) in [7, 11) is 3.05. The molecule has 0 aliphatic carbocycles. The number of hydrogen-bond acceptors (Lipinski definition) is 7. The van der Waals surface area contributed by atoms with Crippen molar-refractivity contribution in [1.29, 1.82) is 0 Å². The van der Waals surface area contributed by atoms with Gasteiger partial charge < -0.3 is 19.2 Å². The summed E-state index contributed by atoms with van der Waals surface area (Å²) in [6.45, 7) is 1.65. The zero-order chi connectivity index (χ0) is 23.8. The van der Waals surface area contributed by atoms with Crippen LogP contribution in [0.4, 0.5) is 5.69 Å². The number of methoxy groups -OCH3 is 2. The highest BCUT2D eigenvalue weighted by molar-refractivity contribution is 8.00. The Bertz CT molecular complexity index is 1160. The highest BCUT2D eigenvalue weighted by atomic mass is 32.2. The molecular formula is C23H23N3O6S. The molecule has 3 N–H and O–H groups in total. The fourth-order valence-electron chi connectivity index (χ4n) is 2.90. The predicted octanol–water partition coefficient (Wildman–Crippen LogP) is 3.41. The van der Waals surface area contributed by atoms with Crippen LogP contribution in [0.5, 0.6) is 11.5 Å². The van der Waals surface area contributed by atoms with Crippen LogP contribution >= 0.6 is 11.8 Å². The van der Waals surface area contributed by atoms with Crippen LogP contribution in [0.1, 0.15) is 26.5 Å². The molecule has 9 nitrogen and oxygen atoms in total. The van der Waals surface area contributed by atoms with Crippen molar-refractivity contribution in [2.45, 2.75) is 11.8 Å². The first-order valence-corrected chi connectivity index (χ1v) is 10.8. The van der Waals surface area contributed by atoms with Gasteiger partial charge in [0.15, 0.2) is 11.5 Å². The minimum Gasteiger partial charge on any atom is -0.493 e. The summed E-state index contributed by atoms with van der Waals surface area (Å²) in [5.74, 6) is 0.308. The first kappa shape index (κ1) is 23.7. The monoisotopic (exact) mass is 469 g/mol. The summed E-state index contributed by atoms with van der Waals surface area (Å²) in [5.41, 5.74) is 5.95. The molecule has 0 aliphatic heterocycles. The van der Waals surface area contributed by atoms with Crippen molar-refractivity contribution >= 4 is 35.2 Å². The molecular weight excluding hydrogens is 446 g/mol. The van der Waals surface area contributed by atoms with E-state index in [0.717, 1.165) is 0 Å². The van der Waals surface area contributed by atoms with Crippen LogP contribution in [0.3, 0.4) is 0 Å². The van der Waals surface area contributed by atoms with Crippen molar-refractivity contribution in [2.75, 3.05) is 25.3 Å². The van der Waals surface area contributed by atoms with Crippen molar-refractivity contribution < 1.29 is 28.3 Å². The van der Waals surface area contributed by atoms with Crippen molar-refractivity contribution in [2.24, 2.45) is 0 Å². The Morgan fingerprint density at radius 1 is 0.909 bits per heavy atom. The van der Waals surface area contributed by atoms with Gasteiger partial charge >= 0.3 is 0 Å². The minimum atomic E-state index is -0.507. The van der Waals surface area contributed by atoms with E-state index in [4.69, 9.17) is 13.9 Å². The second kappa shape index (κ2) is 11.1. The smallest absolute Gasteiger partial charge is 0.273 e. The predicted molar refractivity (Wildman–Crippen MR) is 124 cm³/mol. The van der Waals surface area contributed by atoms with E-state index in [-0.39, 0.29) is 11.7 Å². The van der Waals surface area contributed by atoms with Gasteiger partial charge in [-0.25, -0.2) is 0 Å². The Morgan fingerprint density at radius 3 is 2.27 bits per heavy atom. The second-order valence-electron chi connectivity index (χ2n) is 6.70. The molecule has 10 heteroatoms. The van der Waals surface area contributed by atoms with E-state index in [1.807, 2.05) is 0 Å². The first-order valence-electron chi connectivity index (χ1n) is 9.81. The van der Waals surface area contributed by atoms with Crippen molar-refractivity contribution in [3.05, 3.63) is 71.7 Å². The summed E-state index contributed by atoms with van der Waals surface area (Å²) in [6.07, 6.45) is 1.39. The lowest BCUT2D eigenvalue weighted by Crippen LogP contribution is -2.41. The molecule has 33 heavy (non-hydrogen) atoms. The van der Waals surface area contributed by atoms with E-state index in [1.54, 1.807) is 49.4 Å². The number of carbonyl (C=O) groups excluding carboxylic acids is 3. The Balaban J connectivity index is 1.59. The number of furan rings is 1. The van der Waals surface area contributed by atoms with E-state index in [9.17, 15) is 14.4 Å². The third-order valence-electron chi connectivity index (χ3n) is 4.55. The quantitative estimate of drug-likeness (QED) is 0.342. The summed E-state index contributed by atoms with van der Waals surface area (Å²) in [6, 6.07) is 13.4. The molecule has 172 valence electrons. The number of thioether (sulfide) groups is 1. The highest BCUT2D eigenvalue weighted by Crippen LogP contribution is 2.30. The third kappa shape index (κ3) is 6.07. The maximum atomic E-state index is 12.6. The zero-order valence-corrected chi connectivity index (χ0v) is 19.1. The minimum absolute atomic E-state index is 0.0687. The van der Waals surface area contributed by atoms with Gasteiger partial charge in [-0.05, 0) is 37.3 Å². The number of aryl methyl sites for hydroxylation is 1. The number of benzene rings is 2. The van der Waals surface area contributed by atoms with Gasteiger partial charge in [0.1, 0.15) is 5.76 Å². The molecule has 2 aromatic carbocycles. The molecule has 0 spiro atoms. The normalized spacial score (nSPS) is 10.3. The second-order valence-corrected chi connectivity index (χ2v) is 7.72. The molecule has 0 bridgehead atoms. The lowest BCUT2D eigenvalue weighted by Gasteiger charge is -2.12. The number of amides is 3. The molecule has 0 radical (unpaired) electrons. The number of rotatable bonds is 8. The molecule has 3 rings (SSSR count). The average molecular weight is 470 g/mol. The maximum absolute atomic E-state index is 12.6. The SMILES string of the molecule is COc1ccc(NC(=O)CSc2ccccc2C(=O)NNC(=O)c2ccoc2C)cc1OC. The van der Waals surface area contributed by atoms with Gasteiger partial charge in [0, 0.05) is 16.6 Å². The number of carbonyl (C=O) groups is 3. The van der Waals surface area contributed by atoms with Crippen LogP contribution in [-0.4, -0.2) is 37.7 Å². The van der Waals surface area contributed by atoms with Gasteiger partial charge in [-0.3, -0.25) is 25.2 Å². The number of hydrazine groups is 1. The number of nitrogens with one attached hydrogen (secondary N) is 3. The maximum Gasteiger partial charge on any atom is 0.273 e. The summed E-state index contributed by atoms with van der Waals surface area (Å²) < 4.78 is 15.5. The Morgan fingerprint density at radius 2 is 1.61 bits per heavy atom. The fourth-order valence-corrected chi connectivity index (χ4v) is 3.75. The highest BCUT2D eigenvalue weighted by Gasteiger charge is 2.16. The third-order valence-corrected chi connectivity index (χ3v) is 5.62. The number of ether oxygens (including phenoxy) is 2. The largest absolute Gasteiger partial charge is 0.493 e. The van der Waals surface area contributed by atoms with Gasteiger partial charge in [0.25, 0.3) is 11.8 Å². The fraction of sp³-hybridized carbons (Fsp3) is 0.174. The lowest BCUT2D eigenvalue weighted by atomic mass is 10.2. The van der Waals surface area contributed by atoms with E-state index in [2.05, 4.69) is 16.2 Å². The first-order chi connectivity index (χ1) is 15.9. The molecule has 3 amide bonds. The molecule has 0 aliphatic rings. The standard InChI is InChI=1S/C23H23N3O6S/c1-14-16(10-11-32-14)22(28)25-26-23(29)17-6-4-5-7-20(17)33-13-21(27)24-15-8-9-18(30-2)19(12-15)31-3/h4-12H,13H2,1-3H3,(H,24,27)(H,25,28)(H,26,29). The summed E-state index contributed by atoms with van der Waals surface area (Å²) in [5, 5.41) is 2.79. The van der Waals surface area contributed by atoms with Crippen LogP contribution in [0, 0.1) is 6.92 Å². The molecule has 1 aromatic heterocycles. The Labute approximate surface area is 194 Å². The summed E-state index contributed by atoms with van der Waals surface area (Å²) in [4.78, 5) is 37.8. The van der Waals surface area contributed by atoms with Crippen molar-refractivity contribution in [1.82, 2.24) is 10.9 Å².